The fourth-order valence-electron chi connectivity index (χ4n) is 6.59. The van der Waals surface area contributed by atoms with Crippen LogP contribution in [0.1, 0.15) is 92.8 Å². The molecule has 0 bridgehead atoms. The molecule has 6 aromatic heterocycles. The number of carbonyl (C=O) groups is 4. The number of thiophene rings is 4. The van der Waals surface area contributed by atoms with Crippen molar-refractivity contribution in [1.82, 2.24) is 30.6 Å². The molecule has 11 nitrogen and oxygen atoms in total. The SMILES string of the molecule is CC1(c2cc(CCc3ccc(Cl)s3)[nH]n2)CCCNC1=O.CC1(c2cc(CCc3ccc(Cl)s3)n(C(=O)c3ccsc3)n2)CCCNC1=O.O=C(O)c1ccsc1. The van der Waals surface area contributed by atoms with Crippen LogP contribution >= 0.6 is 68.5 Å². The van der Waals surface area contributed by atoms with Crippen molar-refractivity contribution in [2.45, 2.75) is 76.0 Å². The number of aryl methyl sites for hydroxylation is 4. The number of carboxylic acid groups (broad SMARTS) is 1. The van der Waals surface area contributed by atoms with Crippen molar-refractivity contribution in [3.8, 4) is 0 Å². The van der Waals surface area contributed by atoms with Gasteiger partial charge in [0.1, 0.15) is 0 Å². The number of carboxylic acids is 1. The molecule has 57 heavy (non-hydrogen) atoms. The lowest BCUT2D eigenvalue weighted by molar-refractivity contribution is -0.128. The monoisotopic (exact) mass is 884 g/mol. The number of hydrogen-bond acceptors (Lipinski definition) is 10. The summed E-state index contributed by atoms with van der Waals surface area (Å²) in [5, 5.41) is 33.2. The van der Waals surface area contributed by atoms with E-state index in [0.29, 0.717) is 29.8 Å². The number of aromatic nitrogens is 4. The summed E-state index contributed by atoms with van der Waals surface area (Å²) in [6.45, 7) is 5.34. The molecule has 8 rings (SSSR count). The number of H-pyrrole nitrogens is 1. The maximum atomic E-state index is 13.0. The van der Waals surface area contributed by atoms with E-state index in [1.165, 1.54) is 32.2 Å². The second-order valence-electron chi connectivity index (χ2n) is 14.1. The summed E-state index contributed by atoms with van der Waals surface area (Å²) in [4.78, 5) is 50.2. The number of rotatable bonds is 10. The summed E-state index contributed by atoms with van der Waals surface area (Å²) in [6.07, 6.45) is 6.70. The van der Waals surface area contributed by atoms with Crippen LogP contribution in [0.2, 0.25) is 8.67 Å². The van der Waals surface area contributed by atoms with Crippen LogP contribution in [-0.4, -0.2) is 61.9 Å². The van der Waals surface area contributed by atoms with Gasteiger partial charge in [-0.25, -0.2) is 9.48 Å². The van der Waals surface area contributed by atoms with E-state index in [2.05, 4.69) is 32.0 Å². The first kappa shape index (κ1) is 42.5. The van der Waals surface area contributed by atoms with Gasteiger partial charge in [-0.15, -0.1) is 22.7 Å². The Morgan fingerprint density at radius 3 is 1.82 bits per heavy atom. The first-order valence-electron chi connectivity index (χ1n) is 18.4. The number of aromatic carboxylic acids is 1. The number of halogens is 2. The van der Waals surface area contributed by atoms with Crippen molar-refractivity contribution >= 4 is 92.2 Å². The molecule has 2 atom stereocenters. The molecule has 6 aromatic rings. The summed E-state index contributed by atoms with van der Waals surface area (Å²) >= 11 is 18.0. The van der Waals surface area contributed by atoms with Crippen LogP contribution in [0.25, 0.3) is 0 Å². The number of aromatic amines is 1. The van der Waals surface area contributed by atoms with E-state index in [0.717, 1.165) is 82.1 Å². The van der Waals surface area contributed by atoms with Gasteiger partial charge >= 0.3 is 5.97 Å². The van der Waals surface area contributed by atoms with E-state index in [1.807, 2.05) is 54.9 Å². The number of amides is 2. The lowest BCUT2D eigenvalue weighted by atomic mass is 9.79. The molecule has 2 aliphatic rings. The van der Waals surface area contributed by atoms with Gasteiger partial charge in [0.2, 0.25) is 11.8 Å². The van der Waals surface area contributed by atoms with Gasteiger partial charge in [0.05, 0.1) is 42.0 Å². The Hall–Kier alpha value is -4.12. The molecule has 2 unspecified atom stereocenters. The van der Waals surface area contributed by atoms with Gasteiger partial charge in [0.25, 0.3) is 5.91 Å². The fourth-order valence-corrected chi connectivity index (χ4v) is 10.0. The Balaban J connectivity index is 0.000000166. The summed E-state index contributed by atoms with van der Waals surface area (Å²) in [7, 11) is 0. The number of carbonyl (C=O) groups excluding carboxylic acids is 3. The molecule has 4 N–H and O–H groups in total. The van der Waals surface area contributed by atoms with Crippen LogP contribution in [-0.2, 0) is 46.1 Å². The zero-order valence-electron chi connectivity index (χ0n) is 31.3. The van der Waals surface area contributed by atoms with Gasteiger partial charge in [-0.1, -0.05) is 23.2 Å². The summed E-state index contributed by atoms with van der Waals surface area (Å²) in [5.74, 6) is -0.961. The highest BCUT2D eigenvalue weighted by Crippen LogP contribution is 2.33. The number of nitrogens with one attached hydrogen (secondary N) is 3. The molecule has 2 fully saturated rings. The zero-order chi connectivity index (χ0) is 40.6. The van der Waals surface area contributed by atoms with Gasteiger partial charge in [0, 0.05) is 45.0 Å². The average molecular weight is 886 g/mol. The van der Waals surface area contributed by atoms with Crippen LogP contribution < -0.4 is 10.6 Å². The van der Waals surface area contributed by atoms with E-state index < -0.39 is 16.8 Å². The van der Waals surface area contributed by atoms with Gasteiger partial charge in [-0.3, -0.25) is 19.5 Å². The Morgan fingerprint density at radius 1 is 0.772 bits per heavy atom. The molecular weight excluding hydrogens is 844 g/mol. The summed E-state index contributed by atoms with van der Waals surface area (Å²) in [6, 6.07) is 15.2. The fraction of sp³-hybridized carbons (Fsp3) is 0.350. The highest BCUT2D eigenvalue weighted by Gasteiger charge is 2.41. The third-order valence-corrected chi connectivity index (χ3v) is 14.0. The lowest BCUT2D eigenvalue weighted by Gasteiger charge is -2.30. The van der Waals surface area contributed by atoms with Crippen molar-refractivity contribution in [3.63, 3.8) is 0 Å². The van der Waals surface area contributed by atoms with Crippen molar-refractivity contribution in [3.05, 3.63) is 122 Å². The Labute approximate surface area is 356 Å². The van der Waals surface area contributed by atoms with Crippen LogP contribution in [0.3, 0.4) is 0 Å². The number of hydrogen-bond donors (Lipinski definition) is 4. The quantitative estimate of drug-likeness (QED) is 0.107. The Morgan fingerprint density at radius 2 is 1.33 bits per heavy atom. The predicted molar refractivity (Wildman–Crippen MR) is 229 cm³/mol. The maximum absolute atomic E-state index is 13.0. The third-order valence-electron chi connectivity index (χ3n) is 10.1. The van der Waals surface area contributed by atoms with E-state index >= 15 is 0 Å². The van der Waals surface area contributed by atoms with Crippen molar-refractivity contribution in [2.24, 2.45) is 0 Å². The lowest BCUT2D eigenvalue weighted by Crippen LogP contribution is -2.47. The molecule has 2 amide bonds. The van der Waals surface area contributed by atoms with Crippen LogP contribution in [0.5, 0.6) is 0 Å². The highest BCUT2D eigenvalue weighted by molar-refractivity contribution is 7.16. The van der Waals surface area contributed by atoms with Crippen molar-refractivity contribution in [2.75, 3.05) is 13.1 Å². The molecule has 17 heteroatoms. The molecule has 0 saturated carbocycles. The molecule has 0 aromatic carbocycles. The Bertz CT molecular complexity index is 2300. The minimum Gasteiger partial charge on any atom is -0.478 e. The standard InChI is InChI=1S/C20H20ClN3O2S2.C15H18ClN3OS.C5H4O2S/c1-20(8-2-9-22-19(20)26)16-11-14(3-4-15-5-6-17(21)28-15)24(23-16)18(25)13-7-10-27-12-13;1-15(7-2-8-17-14(15)20)12-9-10(18-19-12)3-4-11-5-6-13(16)21-11;6-5(7)4-1-2-8-3-4/h5-7,10-12H,2-4,8-9H2,1H3,(H,22,26);5-6,9H,2-4,7-8H2,1H3,(H,17,20)(H,18,19);1-3H,(H,6,7). The van der Waals surface area contributed by atoms with Crippen LogP contribution in [0, 0.1) is 0 Å². The molecule has 0 radical (unpaired) electrons. The van der Waals surface area contributed by atoms with E-state index in [9.17, 15) is 19.2 Å². The van der Waals surface area contributed by atoms with Gasteiger partial charge in [-0.05, 0) is 125 Å². The second kappa shape index (κ2) is 19.1. The van der Waals surface area contributed by atoms with Crippen LogP contribution in [0.4, 0.5) is 0 Å². The molecule has 0 spiro atoms. The van der Waals surface area contributed by atoms with Gasteiger partial charge in [0.15, 0.2) is 0 Å². The van der Waals surface area contributed by atoms with Gasteiger partial charge < -0.3 is 15.7 Å². The first-order valence-corrected chi connectivity index (χ1v) is 22.6. The molecule has 2 aliphatic heterocycles. The smallest absolute Gasteiger partial charge is 0.336 e. The molecular formula is C40H42Cl2N6O5S4. The molecule has 300 valence electrons. The predicted octanol–water partition coefficient (Wildman–Crippen LogP) is 8.82. The largest absolute Gasteiger partial charge is 0.478 e. The van der Waals surface area contributed by atoms with Crippen molar-refractivity contribution in [1.29, 1.82) is 0 Å². The first-order chi connectivity index (χ1) is 27.4. The minimum absolute atomic E-state index is 0.0250. The highest BCUT2D eigenvalue weighted by atomic mass is 35.5. The minimum atomic E-state index is -0.855. The van der Waals surface area contributed by atoms with E-state index in [-0.39, 0.29) is 17.7 Å². The van der Waals surface area contributed by atoms with E-state index in [1.54, 1.807) is 45.6 Å². The topological polar surface area (TPSA) is 159 Å². The zero-order valence-corrected chi connectivity index (χ0v) is 36.1. The van der Waals surface area contributed by atoms with Crippen LogP contribution in [0.15, 0.2) is 70.1 Å². The van der Waals surface area contributed by atoms with Gasteiger partial charge in [-0.2, -0.15) is 32.9 Å². The Kier molecular flexibility index (Phi) is 14.2. The number of piperidine rings is 2. The normalized spacial score (nSPS) is 19.1. The second-order valence-corrected chi connectivity index (χ2v) is 19.3. The maximum Gasteiger partial charge on any atom is 0.336 e. The molecule has 0 aliphatic carbocycles. The summed E-state index contributed by atoms with van der Waals surface area (Å²) < 4.78 is 3.05. The average Bonchev–Trinajstić information content (AvgIpc) is 4.05. The van der Waals surface area contributed by atoms with E-state index in [4.69, 9.17) is 28.3 Å². The third kappa shape index (κ3) is 10.5. The molecule has 2 saturated heterocycles. The van der Waals surface area contributed by atoms with Crippen molar-refractivity contribution < 1.29 is 24.3 Å². The molecule has 8 heterocycles. The number of nitrogens with zero attached hydrogens (tertiary/aromatic N) is 3. The summed E-state index contributed by atoms with van der Waals surface area (Å²) in [5.41, 5.74) is 3.16.